The van der Waals surface area contributed by atoms with Crippen molar-refractivity contribution in [2.75, 3.05) is 18.0 Å². The second kappa shape index (κ2) is 6.48. The predicted octanol–water partition coefficient (Wildman–Crippen LogP) is 1.70. The lowest BCUT2D eigenvalue weighted by Crippen LogP contribution is -2.32. The molecule has 3 rings (SSSR count). The summed E-state index contributed by atoms with van der Waals surface area (Å²) in [5.74, 6) is 0.131. The summed E-state index contributed by atoms with van der Waals surface area (Å²) in [4.78, 5) is 25.8. The summed E-state index contributed by atoms with van der Waals surface area (Å²) in [6.07, 6.45) is 3.96. The van der Waals surface area contributed by atoms with Crippen LogP contribution in [0.3, 0.4) is 0 Å². The van der Waals surface area contributed by atoms with Crippen molar-refractivity contribution in [1.82, 2.24) is 5.32 Å². The van der Waals surface area contributed by atoms with Gasteiger partial charge in [0.15, 0.2) is 0 Å². The lowest BCUT2D eigenvalue weighted by atomic mass is 10.1. The van der Waals surface area contributed by atoms with Crippen LogP contribution in [0.15, 0.2) is 24.3 Å². The minimum absolute atomic E-state index is 0.117. The van der Waals surface area contributed by atoms with Crippen molar-refractivity contribution in [3.8, 4) is 0 Å². The van der Waals surface area contributed by atoms with Gasteiger partial charge in [0.2, 0.25) is 5.91 Å². The van der Waals surface area contributed by atoms with E-state index in [1.54, 1.807) is 23.1 Å². The fraction of sp³-hybridized carbons (Fsp3) is 0.529. The fourth-order valence-electron chi connectivity index (χ4n) is 3.32. The zero-order valence-corrected chi connectivity index (χ0v) is 12.6. The molecule has 2 fully saturated rings. The first-order valence-electron chi connectivity index (χ1n) is 8.02. The van der Waals surface area contributed by atoms with Gasteiger partial charge in [-0.2, -0.15) is 0 Å². The van der Waals surface area contributed by atoms with Crippen LogP contribution < -0.4 is 10.2 Å². The molecule has 1 saturated heterocycles. The van der Waals surface area contributed by atoms with E-state index < -0.39 is 0 Å². The number of amides is 2. The van der Waals surface area contributed by atoms with Gasteiger partial charge in [0.25, 0.3) is 5.91 Å². The molecule has 2 unspecified atom stereocenters. The van der Waals surface area contributed by atoms with Crippen molar-refractivity contribution in [2.24, 2.45) is 5.92 Å². The lowest BCUT2D eigenvalue weighted by Gasteiger charge is -2.17. The van der Waals surface area contributed by atoms with E-state index in [4.69, 9.17) is 0 Å². The zero-order chi connectivity index (χ0) is 15.5. The van der Waals surface area contributed by atoms with E-state index in [1.807, 2.05) is 6.07 Å². The average Bonchev–Trinajstić information content (AvgIpc) is 3.13. The molecule has 1 saturated carbocycles. The summed E-state index contributed by atoms with van der Waals surface area (Å²) in [6, 6.07) is 7.19. The standard InChI is InChI=1S/C17H22N2O3/c20-15-7-2-5-13(15)11-18-17(22)12-4-1-6-14(10-12)19-9-3-8-16(19)21/h1,4,6,10,13,15,20H,2-3,5,7-9,11H2,(H,18,22). The van der Waals surface area contributed by atoms with Gasteiger partial charge in [-0.1, -0.05) is 12.5 Å². The summed E-state index contributed by atoms with van der Waals surface area (Å²) in [7, 11) is 0. The van der Waals surface area contributed by atoms with Gasteiger partial charge in [0.1, 0.15) is 0 Å². The third kappa shape index (κ3) is 3.14. The number of anilines is 1. The highest BCUT2D eigenvalue weighted by Crippen LogP contribution is 2.25. The quantitative estimate of drug-likeness (QED) is 0.889. The Bertz CT molecular complexity index is 573. The topological polar surface area (TPSA) is 69.6 Å². The van der Waals surface area contributed by atoms with Crippen LogP contribution in [0.25, 0.3) is 0 Å². The molecule has 5 nitrogen and oxygen atoms in total. The number of carbonyl (C=O) groups is 2. The van der Waals surface area contributed by atoms with E-state index in [1.165, 1.54) is 0 Å². The van der Waals surface area contributed by atoms with E-state index in [2.05, 4.69) is 5.32 Å². The van der Waals surface area contributed by atoms with Gasteiger partial charge in [0, 0.05) is 36.7 Å². The van der Waals surface area contributed by atoms with Crippen LogP contribution in [0.4, 0.5) is 5.69 Å². The SMILES string of the molecule is O=C(NCC1CCCC1O)c1cccc(N2CCCC2=O)c1. The maximum Gasteiger partial charge on any atom is 0.251 e. The average molecular weight is 302 g/mol. The van der Waals surface area contributed by atoms with Crippen molar-refractivity contribution in [2.45, 2.75) is 38.2 Å². The third-order valence-corrected chi connectivity index (χ3v) is 4.64. The number of nitrogens with zero attached hydrogens (tertiary/aromatic N) is 1. The maximum atomic E-state index is 12.3. The minimum Gasteiger partial charge on any atom is -0.393 e. The highest BCUT2D eigenvalue weighted by Gasteiger charge is 2.26. The van der Waals surface area contributed by atoms with Gasteiger partial charge in [-0.05, 0) is 37.5 Å². The van der Waals surface area contributed by atoms with Crippen LogP contribution in [0.5, 0.6) is 0 Å². The Balaban J connectivity index is 1.64. The molecular formula is C17H22N2O3. The number of benzene rings is 1. The van der Waals surface area contributed by atoms with Crippen molar-refractivity contribution in [1.29, 1.82) is 0 Å². The molecular weight excluding hydrogens is 280 g/mol. The van der Waals surface area contributed by atoms with E-state index in [9.17, 15) is 14.7 Å². The molecule has 1 aromatic carbocycles. The molecule has 2 amide bonds. The molecule has 118 valence electrons. The number of rotatable bonds is 4. The van der Waals surface area contributed by atoms with Crippen LogP contribution >= 0.6 is 0 Å². The first-order chi connectivity index (χ1) is 10.6. The number of hydrogen-bond donors (Lipinski definition) is 2. The van der Waals surface area contributed by atoms with E-state index in [0.717, 1.165) is 37.9 Å². The smallest absolute Gasteiger partial charge is 0.251 e. The number of aliphatic hydroxyl groups is 1. The zero-order valence-electron chi connectivity index (χ0n) is 12.6. The van der Waals surface area contributed by atoms with Crippen LogP contribution in [0.2, 0.25) is 0 Å². The van der Waals surface area contributed by atoms with Crippen LogP contribution in [0, 0.1) is 5.92 Å². The predicted molar refractivity (Wildman–Crippen MR) is 83.7 cm³/mol. The fourth-order valence-corrected chi connectivity index (χ4v) is 3.32. The van der Waals surface area contributed by atoms with Gasteiger partial charge >= 0.3 is 0 Å². The van der Waals surface area contributed by atoms with Crippen molar-refractivity contribution in [3.63, 3.8) is 0 Å². The number of hydrogen-bond acceptors (Lipinski definition) is 3. The summed E-state index contributed by atoms with van der Waals surface area (Å²) in [5, 5.41) is 12.7. The molecule has 1 aromatic rings. The highest BCUT2D eigenvalue weighted by molar-refractivity contribution is 5.99. The Morgan fingerprint density at radius 2 is 2.18 bits per heavy atom. The first kappa shape index (κ1) is 15.0. The monoisotopic (exact) mass is 302 g/mol. The van der Waals surface area contributed by atoms with Crippen LogP contribution in [-0.4, -0.2) is 36.1 Å². The molecule has 0 spiro atoms. The molecule has 1 aliphatic heterocycles. The molecule has 2 N–H and O–H groups in total. The first-order valence-corrected chi connectivity index (χ1v) is 8.02. The second-order valence-electron chi connectivity index (χ2n) is 6.17. The van der Waals surface area contributed by atoms with E-state index >= 15 is 0 Å². The number of aliphatic hydroxyl groups excluding tert-OH is 1. The highest BCUT2D eigenvalue weighted by atomic mass is 16.3. The number of nitrogens with one attached hydrogen (secondary N) is 1. The molecule has 0 bridgehead atoms. The Labute approximate surface area is 130 Å². The second-order valence-corrected chi connectivity index (χ2v) is 6.17. The lowest BCUT2D eigenvalue weighted by molar-refractivity contribution is -0.117. The van der Waals surface area contributed by atoms with E-state index in [0.29, 0.717) is 18.5 Å². The summed E-state index contributed by atoms with van der Waals surface area (Å²) in [5.41, 5.74) is 1.35. The Kier molecular flexibility index (Phi) is 4.43. The van der Waals surface area contributed by atoms with Gasteiger partial charge < -0.3 is 15.3 Å². The third-order valence-electron chi connectivity index (χ3n) is 4.64. The molecule has 0 radical (unpaired) electrons. The molecule has 1 heterocycles. The molecule has 5 heteroatoms. The molecule has 22 heavy (non-hydrogen) atoms. The van der Waals surface area contributed by atoms with Crippen LogP contribution in [-0.2, 0) is 4.79 Å². The summed E-state index contributed by atoms with van der Waals surface area (Å²) >= 11 is 0. The minimum atomic E-state index is -0.297. The Morgan fingerprint density at radius 3 is 2.86 bits per heavy atom. The molecule has 0 aromatic heterocycles. The van der Waals surface area contributed by atoms with Crippen LogP contribution in [0.1, 0.15) is 42.5 Å². The molecule has 1 aliphatic carbocycles. The van der Waals surface area contributed by atoms with Gasteiger partial charge in [-0.25, -0.2) is 0 Å². The molecule has 2 aliphatic rings. The summed E-state index contributed by atoms with van der Waals surface area (Å²) < 4.78 is 0. The van der Waals surface area contributed by atoms with Gasteiger partial charge in [0.05, 0.1) is 6.10 Å². The Hall–Kier alpha value is -1.88. The maximum absolute atomic E-state index is 12.3. The Morgan fingerprint density at radius 1 is 1.32 bits per heavy atom. The van der Waals surface area contributed by atoms with Crippen molar-refractivity contribution < 1.29 is 14.7 Å². The van der Waals surface area contributed by atoms with Crippen molar-refractivity contribution in [3.05, 3.63) is 29.8 Å². The van der Waals surface area contributed by atoms with Gasteiger partial charge in [-0.3, -0.25) is 9.59 Å². The van der Waals surface area contributed by atoms with Crippen molar-refractivity contribution >= 4 is 17.5 Å². The van der Waals surface area contributed by atoms with E-state index in [-0.39, 0.29) is 23.8 Å². The largest absolute Gasteiger partial charge is 0.393 e. The van der Waals surface area contributed by atoms with Gasteiger partial charge in [-0.15, -0.1) is 0 Å². The molecule has 2 atom stereocenters. The summed E-state index contributed by atoms with van der Waals surface area (Å²) in [6.45, 7) is 1.23. The number of carbonyl (C=O) groups excluding carboxylic acids is 2. The normalized spacial score (nSPS) is 24.8.